The molecule has 140 valence electrons. The van der Waals surface area contributed by atoms with Crippen LogP contribution in [0, 0.1) is 5.92 Å². The fourth-order valence-corrected chi connectivity index (χ4v) is 3.39. The molecule has 2 rings (SSSR count). The molecule has 5 nitrogen and oxygen atoms in total. The summed E-state index contributed by atoms with van der Waals surface area (Å²) in [5.74, 6) is 0.194. The van der Waals surface area contributed by atoms with Gasteiger partial charge in [0.25, 0.3) is 10.0 Å². The van der Waals surface area contributed by atoms with Gasteiger partial charge in [0.2, 0.25) is 5.91 Å². The zero-order valence-corrected chi connectivity index (χ0v) is 16.4. The van der Waals surface area contributed by atoms with Gasteiger partial charge < -0.3 is 5.32 Å². The Hall–Kier alpha value is -2.34. The van der Waals surface area contributed by atoms with Crippen LogP contribution in [0.15, 0.2) is 53.4 Å². The highest BCUT2D eigenvalue weighted by Gasteiger charge is 2.15. The molecule has 0 radical (unpaired) electrons. The first kappa shape index (κ1) is 20.0. The van der Waals surface area contributed by atoms with Crippen molar-refractivity contribution in [2.45, 2.75) is 44.9 Å². The van der Waals surface area contributed by atoms with Gasteiger partial charge in [-0.05, 0) is 54.3 Å². The van der Waals surface area contributed by atoms with Crippen molar-refractivity contribution >= 4 is 27.3 Å². The Morgan fingerprint density at radius 1 is 0.923 bits per heavy atom. The van der Waals surface area contributed by atoms with Crippen LogP contribution in [-0.4, -0.2) is 14.3 Å². The molecule has 26 heavy (non-hydrogen) atoms. The number of carbonyl (C=O) groups excluding carboxylic acids is 1. The van der Waals surface area contributed by atoms with Crippen LogP contribution in [0.5, 0.6) is 0 Å². The Labute approximate surface area is 155 Å². The largest absolute Gasteiger partial charge is 0.326 e. The minimum atomic E-state index is -3.65. The van der Waals surface area contributed by atoms with Crippen molar-refractivity contribution in [2.24, 2.45) is 5.92 Å². The minimum absolute atomic E-state index is 0.0836. The zero-order chi connectivity index (χ0) is 19.3. The number of anilines is 2. The molecule has 0 heterocycles. The van der Waals surface area contributed by atoms with Gasteiger partial charge in [-0.15, -0.1) is 0 Å². The summed E-state index contributed by atoms with van der Waals surface area (Å²) in [6.07, 6.45) is 1.00. The Bertz CT molecular complexity index is 842. The monoisotopic (exact) mass is 374 g/mol. The van der Waals surface area contributed by atoms with Crippen molar-refractivity contribution in [1.29, 1.82) is 0 Å². The molecule has 1 unspecified atom stereocenters. The number of carbonyl (C=O) groups is 1. The fourth-order valence-electron chi connectivity index (χ4n) is 2.33. The second-order valence-electron chi connectivity index (χ2n) is 6.71. The predicted octanol–water partition coefficient (Wildman–Crippen LogP) is 4.60. The Balaban J connectivity index is 2.10. The highest BCUT2D eigenvalue weighted by Crippen LogP contribution is 2.22. The van der Waals surface area contributed by atoms with Gasteiger partial charge in [0.15, 0.2) is 0 Å². The normalized spacial score (nSPS) is 12.7. The van der Waals surface area contributed by atoms with Crippen LogP contribution >= 0.6 is 0 Å². The number of sulfonamides is 1. The molecule has 0 aliphatic rings. The topological polar surface area (TPSA) is 75.3 Å². The second kappa shape index (κ2) is 8.36. The lowest BCUT2D eigenvalue weighted by Crippen LogP contribution is -2.17. The van der Waals surface area contributed by atoms with Crippen molar-refractivity contribution in [3.8, 4) is 0 Å². The van der Waals surface area contributed by atoms with Crippen LogP contribution in [0.4, 0.5) is 11.4 Å². The van der Waals surface area contributed by atoms with Crippen LogP contribution in [0.1, 0.15) is 45.6 Å². The van der Waals surface area contributed by atoms with Crippen LogP contribution in [-0.2, 0) is 14.8 Å². The van der Waals surface area contributed by atoms with E-state index in [-0.39, 0.29) is 16.7 Å². The number of hydrogen-bond donors (Lipinski definition) is 2. The van der Waals surface area contributed by atoms with Crippen LogP contribution in [0.25, 0.3) is 0 Å². The molecule has 0 aliphatic heterocycles. The van der Waals surface area contributed by atoms with E-state index in [0.29, 0.717) is 17.3 Å². The molecule has 0 bridgehead atoms. The van der Waals surface area contributed by atoms with Crippen LogP contribution in [0.2, 0.25) is 0 Å². The van der Waals surface area contributed by atoms with Gasteiger partial charge in [-0.2, -0.15) is 0 Å². The summed E-state index contributed by atoms with van der Waals surface area (Å²) in [6.45, 7) is 7.83. The third-order valence-electron chi connectivity index (χ3n) is 4.30. The van der Waals surface area contributed by atoms with Crippen molar-refractivity contribution in [3.63, 3.8) is 0 Å². The highest BCUT2D eigenvalue weighted by molar-refractivity contribution is 7.92. The van der Waals surface area contributed by atoms with Gasteiger partial charge in [-0.1, -0.05) is 39.8 Å². The second-order valence-corrected chi connectivity index (χ2v) is 8.39. The molecule has 0 aromatic heterocycles. The summed E-state index contributed by atoms with van der Waals surface area (Å²) in [4.78, 5) is 11.9. The summed E-state index contributed by atoms with van der Waals surface area (Å²) in [6, 6.07) is 13.6. The molecule has 0 spiro atoms. The molecule has 0 fully saturated rings. The van der Waals surface area contributed by atoms with Gasteiger partial charge in [0.1, 0.15) is 0 Å². The van der Waals surface area contributed by atoms with E-state index in [1.54, 1.807) is 36.4 Å². The minimum Gasteiger partial charge on any atom is -0.326 e. The van der Waals surface area contributed by atoms with E-state index >= 15 is 0 Å². The predicted molar refractivity (Wildman–Crippen MR) is 106 cm³/mol. The van der Waals surface area contributed by atoms with Gasteiger partial charge in [0.05, 0.1) is 4.90 Å². The van der Waals surface area contributed by atoms with E-state index in [1.807, 2.05) is 26.0 Å². The first-order chi connectivity index (χ1) is 12.2. The smallest absolute Gasteiger partial charge is 0.261 e. The SMILES string of the molecule is CCC(C)c1ccc(S(=O)(=O)Nc2ccc(NC(=O)C(C)C)cc2)cc1. The number of hydrogen-bond acceptors (Lipinski definition) is 3. The molecule has 6 heteroatoms. The number of rotatable bonds is 7. The summed E-state index contributed by atoms with van der Waals surface area (Å²) >= 11 is 0. The van der Waals surface area contributed by atoms with E-state index in [0.717, 1.165) is 12.0 Å². The van der Waals surface area contributed by atoms with Crippen molar-refractivity contribution in [2.75, 3.05) is 10.0 Å². The average molecular weight is 375 g/mol. The summed E-state index contributed by atoms with van der Waals surface area (Å²) < 4.78 is 27.6. The lowest BCUT2D eigenvalue weighted by atomic mass is 9.99. The first-order valence-corrected chi connectivity index (χ1v) is 10.2. The van der Waals surface area contributed by atoms with E-state index in [1.165, 1.54) is 0 Å². The van der Waals surface area contributed by atoms with Crippen molar-refractivity contribution < 1.29 is 13.2 Å². The number of benzene rings is 2. The average Bonchev–Trinajstić information content (AvgIpc) is 2.62. The Morgan fingerprint density at radius 3 is 1.96 bits per heavy atom. The molecular weight excluding hydrogens is 348 g/mol. The highest BCUT2D eigenvalue weighted by atomic mass is 32.2. The lowest BCUT2D eigenvalue weighted by Gasteiger charge is -2.12. The maximum atomic E-state index is 12.5. The van der Waals surface area contributed by atoms with E-state index in [9.17, 15) is 13.2 Å². The third-order valence-corrected chi connectivity index (χ3v) is 5.70. The van der Waals surface area contributed by atoms with E-state index in [2.05, 4.69) is 23.9 Å². The van der Waals surface area contributed by atoms with Crippen molar-refractivity contribution in [3.05, 3.63) is 54.1 Å². The number of nitrogens with one attached hydrogen (secondary N) is 2. The van der Waals surface area contributed by atoms with E-state index in [4.69, 9.17) is 0 Å². The first-order valence-electron chi connectivity index (χ1n) is 8.76. The standard InChI is InChI=1S/C20H26N2O3S/c1-5-15(4)16-6-12-19(13-7-16)26(24,25)22-18-10-8-17(9-11-18)21-20(23)14(2)3/h6-15,22H,5H2,1-4H3,(H,21,23). The van der Waals surface area contributed by atoms with E-state index < -0.39 is 10.0 Å². The fraction of sp³-hybridized carbons (Fsp3) is 0.350. The van der Waals surface area contributed by atoms with Crippen molar-refractivity contribution in [1.82, 2.24) is 0 Å². The summed E-state index contributed by atoms with van der Waals surface area (Å²) in [5.41, 5.74) is 2.19. The molecule has 1 amide bonds. The number of amides is 1. The molecule has 2 aromatic rings. The Morgan fingerprint density at radius 2 is 1.46 bits per heavy atom. The molecule has 0 saturated heterocycles. The molecular formula is C20H26N2O3S. The van der Waals surface area contributed by atoms with Gasteiger partial charge >= 0.3 is 0 Å². The Kier molecular flexibility index (Phi) is 6.42. The maximum absolute atomic E-state index is 12.5. The summed E-state index contributed by atoms with van der Waals surface area (Å²) in [5, 5.41) is 2.77. The van der Waals surface area contributed by atoms with Gasteiger partial charge in [-0.25, -0.2) is 8.42 Å². The van der Waals surface area contributed by atoms with Gasteiger partial charge in [-0.3, -0.25) is 9.52 Å². The molecule has 1 atom stereocenters. The molecule has 0 saturated carbocycles. The summed E-state index contributed by atoms with van der Waals surface area (Å²) in [7, 11) is -3.65. The molecule has 2 N–H and O–H groups in total. The molecule has 2 aromatic carbocycles. The lowest BCUT2D eigenvalue weighted by molar-refractivity contribution is -0.118. The quantitative estimate of drug-likeness (QED) is 0.744. The van der Waals surface area contributed by atoms with Gasteiger partial charge in [0, 0.05) is 17.3 Å². The van der Waals surface area contributed by atoms with Crippen LogP contribution < -0.4 is 10.0 Å². The van der Waals surface area contributed by atoms with Crippen LogP contribution in [0.3, 0.4) is 0 Å². The maximum Gasteiger partial charge on any atom is 0.261 e. The zero-order valence-electron chi connectivity index (χ0n) is 15.6. The molecule has 0 aliphatic carbocycles. The third kappa shape index (κ3) is 5.08.